The van der Waals surface area contributed by atoms with Crippen LogP contribution in [-0.2, 0) is 26.2 Å². The van der Waals surface area contributed by atoms with Crippen LogP contribution in [0.5, 0.6) is 5.75 Å². The van der Waals surface area contributed by atoms with Gasteiger partial charge in [-0.15, -0.1) is 0 Å². The Labute approximate surface area is 238 Å². The normalized spacial score (nSPS) is 12.7. The van der Waals surface area contributed by atoms with Crippen molar-refractivity contribution in [1.82, 2.24) is 10.2 Å². The molecule has 0 saturated heterocycles. The molecule has 0 unspecified atom stereocenters. The van der Waals surface area contributed by atoms with E-state index in [-0.39, 0.29) is 23.4 Å². The molecule has 2 atom stereocenters. The van der Waals surface area contributed by atoms with Crippen molar-refractivity contribution in [1.29, 1.82) is 0 Å². The quantitative estimate of drug-likeness (QED) is 0.317. The number of benzene rings is 3. The van der Waals surface area contributed by atoms with Gasteiger partial charge >= 0.3 is 0 Å². The van der Waals surface area contributed by atoms with Crippen LogP contribution in [0, 0.1) is 6.92 Å². The van der Waals surface area contributed by atoms with Gasteiger partial charge in [0.25, 0.3) is 10.0 Å². The van der Waals surface area contributed by atoms with Gasteiger partial charge in [0, 0.05) is 12.6 Å². The van der Waals surface area contributed by atoms with Crippen LogP contribution in [0.3, 0.4) is 0 Å². The van der Waals surface area contributed by atoms with Crippen molar-refractivity contribution in [2.24, 2.45) is 0 Å². The molecule has 0 aromatic heterocycles. The zero-order valence-electron chi connectivity index (χ0n) is 23.8. The van der Waals surface area contributed by atoms with E-state index in [1.165, 1.54) is 24.1 Å². The number of para-hydroxylation sites is 1. The molecule has 0 aliphatic carbocycles. The first-order valence-electron chi connectivity index (χ1n) is 13.5. The predicted octanol–water partition coefficient (Wildman–Crippen LogP) is 4.92. The van der Waals surface area contributed by atoms with Gasteiger partial charge < -0.3 is 15.0 Å². The number of ether oxygens (including phenoxy) is 1. The zero-order chi connectivity index (χ0) is 29.3. The van der Waals surface area contributed by atoms with Crippen molar-refractivity contribution in [2.45, 2.75) is 64.1 Å². The van der Waals surface area contributed by atoms with Crippen molar-refractivity contribution in [3.8, 4) is 5.75 Å². The van der Waals surface area contributed by atoms with E-state index in [1.54, 1.807) is 42.5 Å². The molecule has 40 heavy (non-hydrogen) atoms. The summed E-state index contributed by atoms with van der Waals surface area (Å²) in [5, 5.41) is 2.99. The second-order valence-electron chi connectivity index (χ2n) is 9.77. The summed E-state index contributed by atoms with van der Waals surface area (Å²) in [7, 11) is -2.63. The average molecular weight is 566 g/mol. The minimum atomic E-state index is -4.13. The first kappa shape index (κ1) is 30.7. The summed E-state index contributed by atoms with van der Waals surface area (Å²) in [5.41, 5.74) is 2.26. The first-order chi connectivity index (χ1) is 19.1. The molecule has 0 aliphatic heterocycles. The van der Waals surface area contributed by atoms with Gasteiger partial charge in [-0.25, -0.2) is 8.42 Å². The SMILES string of the molecule is CC[C@@H](C)NC(=O)[C@@H](CC)N(Cc1ccc(C)cc1)C(=O)CN(c1ccccc1)S(=O)(=O)c1ccc(OC)cc1. The molecule has 1 N–H and O–H groups in total. The van der Waals surface area contributed by atoms with Crippen LogP contribution >= 0.6 is 0 Å². The van der Waals surface area contributed by atoms with E-state index in [1.807, 2.05) is 52.0 Å². The number of carbonyl (C=O) groups is 2. The Hall–Kier alpha value is -3.85. The Morgan fingerprint density at radius 3 is 2.08 bits per heavy atom. The molecule has 0 fully saturated rings. The first-order valence-corrected chi connectivity index (χ1v) is 14.9. The third-order valence-corrected chi connectivity index (χ3v) is 8.62. The fourth-order valence-electron chi connectivity index (χ4n) is 4.25. The number of nitrogens with one attached hydrogen (secondary N) is 1. The molecule has 3 rings (SSSR count). The second kappa shape index (κ2) is 14.0. The van der Waals surface area contributed by atoms with Gasteiger partial charge in [0.1, 0.15) is 18.3 Å². The van der Waals surface area contributed by atoms with Crippen LogP contribution in [0.15, 0.2) is 83.8 Å². The third kappa shape index (κ3) is 7.63. The fourth-order valence-corrected chi connectivity index (χ4v) is 5.66. The van der Waals surface area contributed by atoms with Gasteiger partial charge in [0.2, 0.25) is 11.8 Å². The third-order valence-electron chi connectivity index (χ3n) is 6.83. The number of amides is 2. The van der Waals surface area contributed by atoms with Gasteiger partial charge in [-0.2, -0.15) is 0 Å². The number of sulfonamides is 1. The lowest BCUT2D eigenvalue weighted by molar-refractivity contribution is -0.140. The van der Waals surface area contributed by atoms with E-state index in [9.17, 15) is 18.0 Å². The molecule has 0 radical (unpaired) electrons. The maximum atomic E-state index is 14.1. The van der Waals surface area contributed by atoms with Crippen molar-refractivity contribution >= 4 is 27.5 Å². The van der Waals surface area contributed by atoms with Gasteiger partial charge in [-0.1, -0.05) is 61.9 Å². The molecule has 3 aromatic carbocycles. The summed E-state index contributed by atoms with van der Waals surface area (Å²) < 4.78 is 34.0. The van der Waals surface area contributed by atoms with Gasteiger partial charge in [-0.05, 0) is 68.7 Å². The number of rotatable bonds is 13. The molecule has 0 aliphatic rings. The zero-order valence-corrected chi connectivity index (χ0v) is 24.6. The number of nitrogens with zero attached hydrogens (tertiary/aromatic N) is 2. The van der Waals surface area contributed by atoms with E-state index in [0.717, 1.165) is 21.9 Å². The van der Waals surface area contributed by atoms with Crippen LogP contribution in [0.4, 0.5) is 5.69 Å². The standard InChI is InChI=1S/C31H39N3O5S/c1-6-24(4)32-31(36)29(7-2)33(21-25-15-13-23(3)14-16-25)30(35)22-34(26-11-9-8-10-12-26)40(37,38)28-19-17-27(39-5)18-20-28/h8-20,24,29H,6-7,21-22H2,1-5H3,(H,32,36)/t24-,29-/m1/s1. The molecule has 214 valence electrons. The van der Waals surface area contributed by atoms with Crippen LogP contribution in [0.1, 0.15) is 44.7 Å². The molecule has 0 heterocycles. The Kier molecular flexibility index (Phi) is 10.7. The number of methoxy groups -OCH3 is 1. The van der Waals surface area contributed by atoms with Gasteiger partial charge in [0.05, 0.1) is 17.7 Å². The van der Waals surface area contributed by atoms with Crippen LogP contribution in [-0.4, -0.2) is 50.9 Å². The molecular weight excluding hydrogens is 526 g/mol. The number of anilines is 1. The molecule has 3 aromatic rings. The number of aryl methyl sites for hydroxylation is 1. The predicted molar refractivity (Wildman–Crippen MR) is 158 cm³/mol. The second-order valence-corrected chi connectivity index (χ2v) is 11.6. The highest BCUT2D eigenvalue weighted by atomic mass is 32.2. The maximum Gasteiger partial charge on any atom is 0.264 e. The summed E-state index contributed by atoms with van der Waals surface area (Å²) in [4.78, 5) is 28.9. The van der Waals surface area contributed by atoms with Gasteiger partial charge in [0.15, 0.2) is 0 Å². The summed E-state index contributed by atoms with van der Waals surface area (Å²) in [6.45, 7) is 7.40. The van der Waals surface area contributed by atoms with E-state index >= 15 is 0 Å². The van der Waals surface area contributed by atoms with E-state index in [2.05, 4.69) is 5.32 Å². The van der Waals surface area contributed by atoms with Crippen molar-refractivity contribution in [3.63, 3.8) is 0 Å². The highest BCUT2D eigenvalue weighted by Crippen LogP contribution is 2.26. The molecule has 0 saturated carbocycles. The summed E-state index contributed by atoms with van der Waals surface area (Å²) >= 11 is 0. The van der Waals surface area contributed by atoms with Crippen molar-refractivity contribution in [3.05, 3.63) is 90.0 Å². The molecule has 2 amide bonds. The largest absolute Gasteiger partial charge is 0.497 e. The van der Waals surface area contributed by atoms with Gasteiger partial charge in [-0.3, -0.25) is 13.9 Å². The molecule has 8 nitrogen and oxygen atoms in total. The summed E-state index contributed by atoms with van der Waals surface area (Å²) in [6.07, 6.45) is 1.12. The Morgan fingerprint density at radius 2 is 1.52 bits per heavy atom. The summed E-state index contributed by atoms with van der Waals surface area (Å²) in [5.74, 6) is -0.224. The molecular formula is C31H39N3O5S. The average Bonchev–Trinajstić information content (AvgIpc) is 2.96. The highest BCUT2D eigenvalue weighted by Gasteiger charge is 2.34. The van der Waals surface area contributed by atoms with Crippen molar-refractivity contribution < 1.29 is 22.7 Å². The highest BCUT2D eigenvalue weighted by molar-refractivity contribution is 7.92. The Balaban J connectivity index is 2.02. The maximum absolute atomic E-state index is 14.1. The number of hydrogen-bond donors (Lipinski definition) is 1. The van der Waals surface area contributed by atoms with E-state index in [0.29, 0.717) is 17.9 Å². The lowest BCUT2D eigenvalue weighted by atomic mass is 10.1. The van der Waals surface area contributed by atoms with Crippen LogP contribution in [0.2, 0.25) is 0 Å². The van der Waals surface area contributed by atoms with Crippen molar-refractivity contribution in [2.75, 3.05) is 18.0 Å². The molecule has 9 heteroatoms. The Morgan fingerprint density at radius 1 is 0.900 bits per heavy atom. The molecule has 0 spiro atoms. The number of hydrogen-bond acceptors (Lipinski definition) is 5. The molecule has 0 bridgehead atoms. The van der Waals surface area contributed by atoms with E-state index in [4.69, 9.17) is 4.74 Å². The Bertz CT molecular complexity index is 1360. The minimum Gasteiger partial charge on any atom is -0.497 e. The van der Waals surface area contributed by atoms with Crippen LogP contribution in [0.25, 0.3) is 0 Å². The minimum absolute atomic E-state index is 0.0246. The van der Waals surface area contributed by atoms with E-state index < -0.39 is 28.5 Å². The lowest BCUT2D eigenvalue weighted by Gasteiger charge is -2.33. The fraction of sp³-hybridized carbons (Fsp3) is 0.355. The smallest absolute Gasteiger partial charge is 0.264 e. The monoisotopic (exact) mass is 565 g/mol. The van der Waals surface area contributed by atoms with Crippen LogP contribution < -0.4 is 14.4 Å². The number of carbonyl (C=O) groups excluding carboxylic acids is 2. The summed E-state index contributed by atoms with van der Waals surface area (Å²) in [6, 6.07) is 21.4. The lowest BCUT2D eigenvalue weighted by Crippen LogP contribution is -2.53. The topological polar surface area (TPSA) is 96.0 Å².